The minimum Gasteiger partial charge on any atom is -0.380 e. The molecule has 2 heterocycles. The van der Waals surface area contributed by atoms with Crippen LogP contribution >= 0.6 is 0 Å². The molecule has 1 saturated carbocycles. The molecule has 5 nitrogen and oxygen atoms in total. The second-order valence-corrected chi connectivity index (χ2v) is 5.95. The smallest absolute Gasteiger partial charge is 0.252 e. The summed E-state index contributed by atoms with van der Waals surface area (Å²) in [6.45, 7) is 1.17. The first kappa shape index (κ1) is 14.3. The van der Waals surface area contributed by atoms with Gasteiger partial charge in [-0.2, -0.15) is 0 Å². The molecule has 0 bridgehead atoms. The maximum atomic E-state index is 13.7. The minimum absolute atomic E-state index is 0.0662. The van der Waals surface area contributed by atoms with Crippen LogP contribution in [0.5, 0.6) is 0 Å². The van der Waals surface area contributed by atoms with Crippen molar-refractivity contribution >= 4 is 11.7 Å². The number of anilines is 1. The highest BCUT2D eigenvalue weighted by Crippen LogP contribution is 2.30. The van der Waals surface area contributed by atoms with Crippen molar-refractivity contribution in [2.24, 2.45) is 0 Å². The summed E-state index contributed by atoms with van der Waals surface area (Å²) in [5.74, 6) is -0.305. The lowest BCUT2D eigenvalue weighted by Gasteiger charge is -2.24. The number of amides is 1. The van der Waals surface area contributed by atoms with Crippen molar-refractivity contribution in [1.82, 2.24) is 10.3 Å². The Morgan fingerprint density at radius 1 is 1.48 bits per heavy atom. The van der Waals surface area contributed by atoms with E-state index < -0.39 is 5.60 Å². The van der Waals surface area contributed by atoms with Crippen molar-refractivity contribution in [2.75, 3.05) is 18.0 Å². The van der Waals surface area contributed by atoms with Crippen molar-refractivity contribution in [3.05, 3.63) is 24.1 Å². The fourth-order valence-corrected chi connectivity index (χ4v) is 3.19. The van der Waals surface area contributed by atoms with Crippen molar-refractivity contribution in [2.45, 2.75) is 43.7 Å². The maximum absolute atomic E-state index is 13.7. The molecule has 2 fully saturated rings. The topological polar surface area (TPSA) is 65.5 Å². The van der Waals surface area contributed by atoms with Crippen molar-refractivity contribution < 1.29 is 14.3 Å². The first-order valence-electron chi connectivity index (χ1n) is 7.47. The van der Waals surface area contributed by atoms with Crippen LogP contribution in [0.25, 0.3) is 0 Å². The van der Waals surface area contributed by atoms with Crippen LogP contribution in [0.4, 0.5) is 10.2 Å². The molecule has 2 N–H and O–H groups in total. The molecular formula is C15H20FN3O2. The number of pyridine rings is 1. The van der Waals surface area contributed by atoms with Gasteiger partial charge in [-0.3, -0.25) is 4.79 Å². The van der Waals surface area contributed by atoms with E-state index in [2.05, 4.69) is 10.3 Å². The molecule has 1 unspecified atom stereocenters. The molecular weight excluding hydrogens is 273 g/mol. The summed E-state index contributed by atoms with van der Waals surface area (Å²) in [7, 11) is 0. The number of rotatable bonds is 3. The Hall–Kier alpha value is -1.69. The average molecular weight is 293 g/mol. The second kappa shape index (κ2) is 5.60. The fourth-order valence-electron chi connectivity index (χ4n) is 3.19. The van der Waals surface area contributed by atoms with E-state index in [1.165, 1.54) is 6.07 Å². The number of aromatic nitrogens is 1. The van der Waals surface area contributed by atoms with Gasteiger partial charge in [-0.05, 0) is 44.2 Å². The SMILES string of the molecule is O=C(NC1CCN(c2ncccc2F)C1)C1(O)CCCC1. The van der Waals surface area contributed by atoms with E-state index in [1.54, 1.807) is 12.3 Å². The first-order chi connectivity index (χ1) is 10.1. The third kappa shape index (κ3) is 2.85. The zero-order valence-corrected chi connectivity index (χ0v) is 11.9. The van der Waals surface area contributed by atoms with Crippen molar-refractivity contribution in [3.8, 4) is 0 Å². The number of carbonyl (C=O) groups is 1. The summed E-state index contributed by atoms with van der Waals surface area (Å²) < 4.78 is 13.7. The molecule has 1 amide bonds. The van der Waals surface area contributed by atoms with Crippen LogP contribution < -0.4 is 10.2 Å². The van der Waals surface area contributed by atoms with Gasteiger partial charge < -0.3 is 15.3 Å². The number of halogens is 1. The van der Waals surface area contributed by atoms with Crippen LogP contribution in [0, 0.1) is 5.82 Å². The third-order valence-electron chi connectivity index (χ3n) is 4.42. The van der Waals surface area contributed by atoms with Crippen molar-refractivity contribution in [3.63, 3.8) is 0 Å². The third-order valence-corrected chi connectivity index (χ3v) is 4.42. The molecule has 2 aliphatic rings. The quantitative estimate of drug-likeness (QED) is 0.879. The van der Waals surface area contributed by atoms with Gasteiger partial charge in [0.25, 0.3) is 5.91 Å². The molecule has 6 heteroatoms. The summed E-state index contributed by atoms with van der Waals surface area (Å²) in [4.78, 5) is 18.0. The second-order valence-electron chi connectivity index (χ2n) is 5.95. The molecule has 1 atom stereocenters. The van der Waals surface area contributed by atoms with Gasteiger partial charge in [0.05, 0.1) is 0 Å². The Morgan fingerprint density at radius 2 is 2.24 bits per heavy atom. The molecule has 1 saturated heterocycles. The lowest BCUT2D eigenvalue weighted by Crippen LogP contribution is -2.49. The number of hydrogen-bond acceptors (Lipinski definition) is 4. The predicted molar refractivity (Wildman–Crippen MR) is 76.4 cm³/mol. The highest BCUT2D eigenvalue weighted by Gasteiger charge is 2.40. The molecule has 1 aromatic rings. The Bertz CT molecular complexity index is 531. The highest BCUT2D eigenvalue weighted by atomic mass is 19.1. The van der Waals surface area contributed by atoms with E-state index in [-0.39, 0.29) is 17.8 Å². The zero-order valence-electron chi connectivity index (χ0n) is 11.9. The number of nitrogens with zero attached hydrogens (tertiary/aromatic N) is 2. The standard InChI is InChI=1S/C15H20FN3O2/c16-12-4-3-8-17-13(12)19-9-5-11(10-19)18-14(20)15(21)6-1-2-7-15/h3-4,8,11,21H,1-2,5-7,9-10H2,(H,18,20). The summed E-state index contributed by atoms with van der Waals surface area (Å²) >= 11 is 0. The summed E-state index contributed by atoms with van der Waals surface area (Å²) in [6.07, 6.45) is 5.14. The maximum Gasteiger partial charge on any atom is 0.252 e. The van der Waals surface area contributed by atoms with E-state index in [0.29, 0.717) is 31.7 Å². The van der Waals surface area contributed by atoms with Gasteiger partial charge in [-0.15, -0.1) is 0 Å². The predicted octanol–water partition coefficient (Wildman–Crippen LogP) is 1.22. The summed E-state index contributed by atoms with van der Waals surface area (Å²) in [6, 6.07) is 2.88. The van der Waals surface area contributed by atoms with Gasteiger partial charge in [-0.25, -0.2) is 9.37 Å². The Morgan fingerprint density at radius 3 is 2.95 bits per heavy atom. The molecule has 114 valence electrons. The Balaban J connectivity index is 1.60. The molecule has 1 aromatic heterocycles. The van der Waals surface area contributed by atoms with E-state index in [4.69, 9.17) is 0 Å². The lowest BCUT2D eigenvalue weighted by molar-refractivity contribution is -0.139. The van der Waals surface area contributed by atoms with Crippen molar-refractivity contribution in [1.29, 1.82) is 0 Å². The van der Waals surface area contributed by atoms with E-state index in [0.717, 1.165) is 19.3 Å². The monoisotopic (exact) mass is 293 g/mol. The van der Waals surface area contributed by atoms with Crippen LogP contribution in [0.3, 0.4) is 0 Å². The molecule has 0 spiro atoms. The Labute approximate surface area is 123 Å². The molecule has 3 rings (SSSR count). The molecule has 0 radical (unpaired) electrons. The zero-order chi connectivity index (χ0) is 14.9. The van der Waals surface area contributed by atoms with E-state index >= 15 is 0 Å². The number of nitrogens with one attached hydrogen (secondary N) is 1. The van der Waals surface area contributed by atoms with Gasteiger partial charge >= 0.3 is 0 Å². The van der Waals surface area contributed by atoms with Gasteiger partial charge in [0.1, 0.15) is 5.60 Å². The first-order valence-corrected chi connectivity index (χ1v) is 7.47. The van der Waals surface area contributed by atoms with Gasteiger partial charge in [0, 0.05) is 25.3 Å². The highest BCUT2D eigenvalue weighted by molar-refractivity contribution is 5.85. The summed E-state index contributed by atoms with van der Waals surface area (Å²) in [5, 5.41) is 13.1. The van der Waals surface area contributed by atoms with Crippen LogP contribution in [0.15, 0.2) is 18.3 Å². The molecule has 0 aromatic carbocycles. The van der Waals surface area contributed by atoms with E-state index in [1.807, 2.05) is 4.90 Å². The van der Waals surface area contributed by atoms with Gasteiger partial charge in [-0.1, -0.05) is 0 Å². The number of carbonyl (C=O) groups excluding carboxylic acids is 1. The largest absolute Gasteiger partial charge is 0.380 e. The minimum atomic E-state index is -1.20. The molecule has 1 aliphatic heterocycles. The Kier molecular flexibility index (Phi) is 3.80. The van der Waals surface area contributed by atoms with Crippen LogP contribution in [0.2, 0.25) is 0 Å². The van der Waals surface area contributed by atoms with Crippen LogP contribution in [-0.2, 0) is 4.79 Å². The molecule has 21 heavy (non-hydrogen) atoms. The normalized spacial score (nSPS) is 24.3. The number of hydrogen-bond donors (Lipinski definition) is 2. The van der Waals surface area contributed by atoms with E-state index in [9.17, 15) is 14.3 Å². The lowest BCUT2D eigenvalue weighted by atomic mass is 10.0. The average Bonchev–Trinajstić information content (AvgIpc) is 3.09. The van der Waals surface area contributed by atoms with Crippen LogP contribution in [0.1, 0.15) is 32.1 Å². The number of aliphatic hydroxyl groups is 1. The van der Waals surface area contributed by atoms with Gasteiger partial charge in [0.2, 0.25) is 0 Å². The molecule has 1 aliphatic carbocycles. The fraction of sp³-hybridized carbons (Fsp3) is 0.600. The van der Waals surface area contributed by atoms with Crippen LogP contribution in [-0.4, -0.2) is 40.7 Å². The summed E-state index contributed by atoms with van der Waals surface area (Å²) in [5.41, 5.74) is -1.20. The van der Waals surface area contributed by atoms with Gasteiger partial charge in [0.15, 0.2) is 11.6 Å².